The molecule has 0 spiro atoms. The number of hydrogen-bond acceptors (Lipinski definition) is 2. The zero-order valence-electron chi connectivity index (χ0n) is 17.9. The third-order valence-corrected chi connectivity index (χ3v) is 4.95. The van der Waals surface area contributed by atoms with Crippen molar-refractivity contribution in [3.8, 4) is 0 Å². The Balaban J connectivity index is 3.11. The van der Waals surface area contributed by atoms with E-state index in [2.05, 4.69) is 19.1 Å². The van der Waals surface area contributed by atoms with E-state index in [-0.39, 0.29) is 5.97 Å². The molecule has 0 heterocycles. The Morgan fingerprint density at radius 1 is 0.615 bits per heavy atom. The fourth-order valence-electron chi connectivity index (χ4n) is 3.28. The zero-order chi connectivity index (χ0) is 19.1. The summed E-state index contributed by atoms with van der Waals surface area (Å²) in [6, 6.07) is 0. The molecule has 0 aliphatic carbocycles. The summed E-state index contributed by atoms with van der Waals surface area (Å²) in [5.41, 5.74) is 0. The number of hydrogen-bond donors (Lipinski definition) is 0. The van der Waals surface area contributed by atoms with Crippen LogP contribution >= 0.6 is 0 Å². The smallest absolute Gasteiger partial charge is 0.305 e. The van der Waals surface area contributed by atoms with Crippen molar-refractivity contribution in [1.29, 1.82) is 0 Å². The Hall–Kier alpha value is -0.790. The highest BCUT2D eigenvalue weighted by atomic mass is 16.5. The van der Waals surface area contributed by atoms with Crippen LogP contribution in [0.2, 0.25) is 0 Å². The minimum absolute atomic E-state index is 0.0359. The third kappa shape index (κ3) is 21.3. The van der Waals surface area contributed by atoms with Crippen molar-refractivity contribution in [2.24, 2.45) is 0 Å². The van der Waals surface area contributed by atoms with Gasteiger partial charge in [0.1, 0.15) is 0 Å². The molecule has 0 rings (SSSR count). The molecule has 0 bridgehead atoms. The SMILES string of the molecule is CCCCCCCCCC/C=C/CCCCCCCCCC(=O)OCC. The van der Waals surface area contributed by atoms with Crippen LogP contribution < -0.4 is 0 Å². The molecular formula is C24H46O2. The Morgan fingerprint density at radius 2 is 1.04 bits per heavy atom. The van der Waals surface area contributed by atoms with Crippen molar-refractivity contribution in [1.82, 2.24) is 0 Å². The van der Waals surface area contributed by atoms with Crippen molar-refractivity contribution < 1.29 is 9.53 Å². The van der Waals surface area contributed by atoms with E-state index < -0.39 is 0 Å². The van der Waals surface area contributed by atoms with E-state index >= 15 is 0 Å². The van der Waals surface area contributed by atoms with Crippen LogP contribution in [0.1, 0.15) is 129 Å². The number of carbonyl (C=O) groups is 1. The monoisotopic (exact) mass is 366 g/mol. The summed E-state index contributed by atoms with van der Waals surface area (Å²) in [4.78, 5) is 11.2. The van der Waals surface area contributed by atoms with E-state index in [0.29, 0.717) is 13.0 Å². The molecule has 154 valence electrons. The van der Waals surface area contributed by atoms with Crippen LogP contribution in [-0.2, 0) is 9.53 Å². The maximum atomic E-state index is 11.2. The number of esters is 1. The molecule has 0 aliphatic rings. The van der Waals surface area contributed by atoms with Gasteiger partial charge >= 0.3 is 5.97 Å². The molecule has 0 aliphatic heterocycles. The molecule has 0 N–H and O–H groups in total. The maximum Gasteiger partial charge on any atom is 0.305 e. The number of ether oxygens (including phenoxy) is 1. The minimum Gasteiger partial charge on any atom is -0.466 e. The van der Waals surface area contributed by atoms with Gasteiger partial charge in [-0.25, -0.2) is 0 Å². The average Bonchev–Trinajstić information content (AvgIpc) is 2.64. The molecule has 0 fully saturated rings. The summed E-state index contributed by atoms with van der Waals surface area (Å²) in [6.07, 6.45) is 27.9. The highest BCUT2D eigenvalue weighted by Crippen LogP contribution is 2.12. The van der Waals surface area contributed by atoms with E-state index in [9.17, 15) is 4.79 Å². The van der Waals surface area contributed by atoms with Crippen LogP contribution in [0.25, 0.3) is 0 Å². The summed E-state index contributed by atoms with van der Waals surface area (Å²) in [5, 5.41) is 0. The summed E-state index contributed by atoms with van der Waals surface area (Å²) in [6.45, 7) is 4.65. The fourth-order valence-corrected chi connectivity index (χ4v) is 3.28. The van der Waals surface area contributed by atoms with Crippen molar-refractivity contribution in [3.05, 3.63) is 12.2 Å². The number of carbonyl (C=O) groups excluding carboxylic acids is 1. The van der Waals surface area contributed by atoms with Gasteiger partial charge in [-0.15, -0.1) is 0 Å². The first-order valence-corrected chi connectivity index (χ1v) is 11.6. The van der Waals surface area contributed by atoms with E-state index in [1.807, 2.05) is 6.92 Å². The lowest BCUT2D eigenvalue weighted by molar-refractivity contribution is -0.143. The predicted octanol–water partition coefficient (Wildman–Crippen LogP) is 8.15. The van der Waals surface area contributed by atoms with Gasteiger partial charge in [0.2, 0.25) is 0 Å². The standard InChI is InChI=1S/C24H46O2/c1-3-5-6-7-8-9-10-11-12-13-14-15-16-17-18-19-20-21-22-23-24(25)26-4-2/h13-14H,3-12,15-23H2,1-2H3/b14-13+. The average molecular weight is 367 g/mol. The molecule has 2 nitrogen and oxygen atoms in total. The van der Waals surface area contributed by atoms with Crippen molar-refractivity contribution in [3.63, 3.8) is 0 Å². The molecule has 26 heavy (non-hydrogen) atoms. The number of rotatable bonds is 20. The lowest BCUT2D eigenvalue weighted by atomic mass is 10.1. The van der Waals surface area contributed by atoms with Crippen LogP contribution in [0.15, 0.2) is 12.2 Å². The topological polar surface area (TPSA) is 26.3 Å². The molecule has 0 amide bonds. The van der Waals surface area contributed by atoms with Crippen LogP contribution in [-0.4, -0.2) is 12.6 Å². The van der Waals surface area contributed by atoms with Crippen LogP contribution in [0, 0.1) is 0 Å². The van der Waals surface area contributed by atoms with E-state index in [1.54, 1.807) is 0 Å². The lowest BCUT2D eigenvalue weighted by Crippen LogP contribution is -2.03. The summed E-state index contributed by atoms with van der Waals surface area (Å²) in [5.74, 6) is -0.0359. The van der Waals surface area contributed by atoms with Crippen LogP contribution in [0.4, 0.5) is 0 Å². The number of allylic oxidation sites excluding steroid dienone is 2. The van der Waals surface area contributed by atoms with Crippen molar-refractivity contribution in [2.45, 2.75) is 129 Å². The first-order valence-electron chi connectivity index (χ1n) is 11.6. The minimum atomic E-state index is -0.0359. The van der Waals surface area contributed by atoms with Crippen molar-refractivity contribution >= 4 is 5.97 Å². The van der Waals surface area contributed by atoms with Gasteiger partial charge in [-0.2, -0.15) is 0 Å². The number of unbranched alkanes of at least 4 members (excludes halogenated alkanes) is 15. The molecule has 0 aromatic carbocycles. The molecule has 2 heteroatoms. The van der Waals surface area contributed by atoms with Crippen LogP contribution in [0.3, 0.4) is 0 Å². The molecule has 0 radical (unpaired) electrons. The molecule has 0 aromatic rings. The third-order valence-electron chi connectivity index (χ3n) is 4.95. The first kappa shape index (κ1) is 25.2. The van der Waals surface area contributed by atoms with Gasteiger partial charge in [0, 0.05) is 6.42 Å². The van der Waals surface area contributed by atoms with Gasteiger partial charge in [-0.05, 0) is 39.0 Å². The quantitative estimate of drug-likeness (QED) is 0.123. The Morgan fingerprint density at radius 3 is 1.50 bits per heavy atom. The molecule has 0 atom stereocenters. The van der Waals surface area contributed by atoms with Crippen LogP contribution in [0.5, 0.6) is 0 Å². The Bertz CT molecular complexity index is 309. The Labute approximate surface area is 164 Å². The highest BCUT2D eigenvalue weighted by molar-refractivity contribution is 5.69. The van der Waals surface area contributed by atoms with Gasteiger partial charge in [-0.3, -0.25) is 4.79 Å². The first-order chi connectivity index (χ1) is 12.8. The highest BCUT2D eigenvalue weighted by Gasteiger charge is 2.00. The molecule has 0 unspecified atom stereocenters. The van der Waals surface area contributed by atoms with E-state index in [0.717, 1.165) is 12.8 Å². The molecule has 0 aromatic heterocycles. The summed E-state index contributed by atoms with van der Waals surface area (Å²) >= 11 is 0. The second kappa shape index (κ2) is 22.3. The Kier molecular flexibility index (Phi) is 21.6. The molecule has 0 saturated heterocycles. The molecular weight excluding hydrogens is 320 g/mol. The summed E-state index contributed by atoms with van der Waals surface area (Å²) < 4.78 is 4.93. The van der Waals surface area contributed by atoms with Gasteiger partial charge < -0.3 is 4.74 Å². The van der Waals surface area contributed by atoms with Crippen molar-refractivity contribution in [2.75, 3.05) is 6.61 Å². The fraction of sp³-hybridized carbons (Fsp3) is 0.875. The van der Waals surface area contributed by atoms with E-state index in [1.165, 1.54) is 96.3 Å². The lowest BCUT2D eigenvalue weighted by Gasteiger charge is -2.02. The predicted molar refractivity (Wildman–Crippen MR) is 115 cm³/mol. The maximum absolute atomic E-state index is 11.2. The normalized spacial score (nSPS) is 11.3. The zero-order valence-corrected chi connectivity index (χ0v) is 17.9. The van der Waals surface area contributed by atoms with E-state index in [4.69, 9.17) is 4.74 Å². The van der Waals surface area contributed by atoms with Gasteiger partial charge in [-0.1, -0.05) is 96.1 Å². The molecule has 0 saturated carbocycles. The van der Waals surface area contributed by atoms with Gasteiger partial charge in [0.15, 0.2) is 0 Å². The van der Waals surface area contributed by atoms with Gasteiger partial charge in [0.25, 0.3) is 0 Å². The summed E-state index contributed by atoms with van der Waals surface area (Å²) in [7, 11) is 0. The second-order valence-electron chi connectivity index (χ2n) is 7.55. The second-order valence-corrected chi connectivity index (χ2v) is 7.55. The van der Waals surface area contributed by atoms with Gasteiger partial charge in [0.05, 0.1) is 6.61 Å². The largest absolute Gasteiger partial charge is 0.466 e.